The van der Waals surface area contributed by atoms with E-state index in [1.54, 1.807) is 6.33 Å². The van der Waals surface area contributed by atoms with E-state index in [1.165, 1.54) is 16.3 Å². The van der Waals surface area contributed by atoms with Crippen molar-refractivity contribution in [2.24, 2.45) is 0 Å². The Morgan fingerprint density at radius 1 is 0.960 bits per heavy atom. The van der Waals surface area contributed by atoms with Gasteiger partial charge in [0, 0.05) is 10.9 Å². The molecule has 4 aromatic rings. The van der Waals surface area contributed by atoms with Gasteiger partial charge in [0.1, 0.15) is 12.1 Å². The van der Waals surface area contributed by atoms with E-state index in [4.69, 9.17) is 6.42 Å². The van der Waals surface area contributed by atoms with Crippen LogP contribution < -0.4 is 5.32 Å². The summed E-state index contributed by atoms with van der Waals surface area (Å²) < 4.78 is 0. The van der Waals surface area contributed by atoms with Crippen molar-refractivity contribution in [2.45, 2.75) is 13.0 Å². The highest BCUT2D eigenvalue weighted by molar-refractivity contribution is 5.91. The van der Waals surface area contributed by atoms with Gasteiger partial charge in [-0.25, -0.2) is 9.97 Å². The molecule has 1 aromatic heterocycles. The van der Waals surface area contributed by atoms with Gasteiger partial charge in [-0.3, -0.25) is 0 Å². The fourth-order valence-corrected chi connectivity index (χ4v) is 3.17. The molecule has 1 N–H and O–H groups in total. The molecule has 0 saturated carbocycles. The Labute approximate surface area is 146 Å². The predicted molar refractivity (Wildman–Crippen MR) is 103 cm³/mol. The maximum absolute atomic E-state index is 5.53. The molecular weight excluding hydrogens is 306 g/mol. The number of nitrogens with one attached hydrogen (secondary N) is 1. The van der Waals surface area contributed by atoms with Gasteiger partial charge in [0.15, 0.2) is 0 Å². The maximum atomic E-state index is 5.53. The molecule has 4 rings (SSSR count). The highest BCUT2D eigenvalue weighted by Crippen LogP contribution is 2.28. The fraction of sp³-hybridized carbons (Fsp3) is 0.0909. The van der Waals surface area contributed by atoms with E-state index >= 15 is 0 Å². The molecular formula is C22H17N3. The average molecular weight is 323 g/mol. The number of hydrogen-bond acceptors (Lipinski definition) is 3. The van der Waals surface area contributed by atoms with Gasteiger partial charge in [-0.05, 0) is 41.5 Å². The second kappa shape index (κ2) is 6.26. The Morgan fingerprint density at radius 2 is 1.80 bits per heavy atom. The molecule has 0 radical (unpaired) electrons. The van der Waals surface area contributed by atoms with Crippen LogP contribution in [0.2, 0.25) is 0 Å². The summed E-state index contributed by atoms with van der Waals surface area (Å²) >= 11 is 0. The Balaban J connectivity index is 1.77. The zero-order valence-corrected chi connectivity index (χ0v) is 13.9. The van der Waals surface area contributed by atoms with E-state index in [9.17, 15) is 0 Å². The predicted octanol–water partition coefficient (Wildman–Crippen LogP) is 4.94. The van der Waals surface area contributed by atoms with Gasteiger partial charge >= 0.3 is 0 Å². The van der Waals surface area contributed by atoms with Gasteiger partial charge in [-0.2, -0.15) is 0 Å². The number of hydrogen-bond donors (Lipinski definition) is 1. The molecule has 3 nitrogen and oxygen atoms in total. The lowest BCUT2D eigenvalue weighted by Crippen LogP contribution is -2.09. The van der Waals surface area contributed by atoms with Gasteiger partial charge in [0.2, 0.25) is 0 Å². The molecule has 0 bridgehead atoms. The number of rotatable bonds is 3. The number of fused-ring (bicyclic) bond motifs is 2. The molecule has 0 aliphatic heterocycles. The van der Waals surface area contributed by atoms with Crippen molar-refractivity contribution in [3.8, 4) is 12.3 Å². The normalized spacial score (nSPS) is 12.0. The van der Waals surface area contributed by atoms with E-state index < -0.39 is 0 Å². The van der Waals surface area contributed by atoms with Gasteiger partial charge in [0.05, 0.1) is 11.6 Å². The van der Waals surface area contributed by atoms with E-state index in [0.29, 0.717) is 0 Å². The Bertz CT molecular complexity index is 1100. The van der Waals surface area contributed by atoms with Crippen LogP contribution in [-0.2, 0) is 0 Å². The SMILES string of the molecule is C#Cc1ccc2ncnc(NC(C)c3cccc4ccccc34)c2c1. The molecule has 1 unspecified atom stereocenters. The highest BCUT2D eigenvalue weighted by atomic mass is 15.0. The van der Waals surface area contributed by atoms with Crippen molar-refractivity contribution in [3.63, 3.8) is 0 Å². The number of terminal acetylenes is 1. The summed E-state index contributed by atoms with van der Waals surface area (Å²) in [5, 5.41) is 6.94. The fourth-order valence-electron chi connectivity index (χ4n) is 3.17. The van der Waals surface area contributed by atoms with Crippen molar-refractivity contribution >= 4 is 27.5 Å². The molecule has 0 spiro atoms. The average Bonchev–Trinajstić information content (AvgIpc) is 2.67. The molecule has 3 heteroatoms. The monoisotopic (exact) mass is 323 g/mol. The molecule has 1 heterocycles. The van der Waals surface area contributed by atoms with Crippen LogP contribution in [0.15, 0.2) is 67.0 Å². The first-order chi connectivity index (χ1) is 12.3. The van der Waals surface area contributed by atoms with Crippen LogP contribution in [0.1, 0.15) is 24.1 Å². The smallest absolute Gasteiger partial charge is 0.137 e. The minimum atomic E-state index is 0.0960. The topological polar surface area (TPSA) is 37.8 Å². The Kier molecular flexibility index (Phi) is 3.80. The van der Waals surface area contributed by atoms with Crippen LogP contribution >= 0.6 is 0 Å². The molecule has 0 saturated heterocycles. The van der Waals surface area contributed by atoms with E-state index in [0.717, 1.165) is 22.3 Å². The first-order valence-electron chi connectivity index (χ1n) is 8.22. The quantitative estimate of drug-likeness (QED) is 0.543. The lowest BCUT2D eigenvalue weighted by Gasteiger charge is -2.18. The largest absolute Gasteiger partial charge is 0.363 e. The highest BCUT2D eigenvalue weighted by Gasteiger charge is 2.12. The van der Waals surface area contributed by atoms with Crippen LogP contribution in [0.5, 0.6) is 0 Å². The van der Waals surface area contributed by atoms with Crippen molar-refractivity contribution < 1.29 is 0 Å². The molecule has 0 aliphatic rings. The molecule has 1 atom stereocenters. The van der Waals surface area contributed by atoms with Crippen LogP contribution in [0.3, 0.4) is 0 Å². The molecule has 120 valence electrons. The summed E-state index contributed by atoms with van der Waals surface area (Å²) in [5.41, 5.74) is 2.93. The number of benzene rings is 3. The second-order valence-electron chi connectivity index (χ2n) is 6.03. The second-order valence-corrected chi connectivity index (χ2v) is 6.03. The summed E-state index contributed by atoms with van der Waals surface area (Å²) in [6.07, 6.45) is 7.11. The van der Waals surface area contributed by atoms with Gasteiger partial charge < -0.3 is 5.32 Å². The zero-order chi connectivity index (χ0) is 17.2. The van der Waals surface area contributed by atoms with Gasteiger partial charge in [-0.1, -0.05) is 48.4 Å². The van der Waals surface area contributed by atoms with Crippen LogP contribution in [0.4, 0.5) is 5.82 Å². The standard InChI is InChI=1S/C22H17N3/c1-3-16-11-12-21-20(13-16)22(24-14-23-21)25-15(2)18-10-6-8-17-7-4-5-9-19(17)18/h1,4-15H,2H3,(H,23,24,25). The third-order valence-corrected chi connectivity index (χ3v) is 4.45. The van der Waals surface area contributed by atoms with Crippen molar-refractivity contribution in [1.29, 1.82) is 0 Å². The minimum absolute atomic E-state index is 0.0960. The summed E-state index contributed by atoms with van der Waals surface area (Å²) in [4.78, 5) is 8.76. The first kappa shape index (κ1) is 15.2. The number of anilines is 1. The van der Waals surface area contributed by atoms with Crippen LogP contribution in [-0.4, -0.2) is 9.97 Å². The molecule has 0 fully saturated rings. The first-order valence-corrected chi connectivity index (χ1v) is 8.22. The zero-order valence-electron chi connectivity index (χ0n) is 13.9. The molecule has 3 aromatic carbocycles. The Morgan fingerprint density at radius 3 is 2.68 bits per heavy atom. The van der Waals surface area contributed by atoms with Crippen molar-refractivity contribution in [1.82, 2.24) is 9.97 Å². The van der Waals surface area contributed by atoms with Crippen molar-refractivity contribution in [2.75, 3.05) is 5.32 Å². The summed E-state index contributed by atoms with van der Waals surface area (Å²) in [6.45, 7) is 2.14. The maximum Gasteiger partial charge on any atom is 0.137 e. The summed E-state index contributed by atoms with van der Waals surface area (Å²) in [7, 11) is 0. The molecule has 0 amide bonds. The van der Waals surface area contributed by atoms with Crippen LogP contribution in [0, 0.1) is 12.3 Å². The van der Waals surface area contributed by atoms with Crippen molar-refractivity contribution in [3.05, 3.63) is 78.1 Å². The third-order valence-electron chi connectivity index (χ3n) is 4.45. The lowest BCUT2D eigenvalue weighted by molar-refractivity contribution is 0.885. The lowest BCUT2D eigenvalue weighted by atomic mass is 9.99. The van der Waals surface area contributed by atoms with E-state index in [-0.39, 0.29) is 6.04 Å². The summed E-state index contributed by atoms with van der Waals surface area (Å²) in [5.74, 6) is 3.47. The number of nitrogens with zero attached hydrogens (tertiary/aromatic N) is 2. The molecule has 0 aliphatic carbocycles. The van der Waals surface area contributed by atoms with E-state index in [1.807, 2.05) is 18.2 Å². The van der Waals surface area contributed by atoms with Gasteiger partial charge in [0.25, 0.3) is 0 Å². The summed E-state index contributed by atoms with van der Waals surface area (Å²) in [6, 6.07) is 20.6. The number of aromatic nitrogens is 2. The van der Waals surface area contributed by atoms with Gasteiger partial charge in [-0.15, -0.1) is 6.42 Å². The third kappa shape index (κ3) is 2.79. The van der Waals surface area contributed by atoms with Crippen LogP contribution in [0.25, 0.3) is 21.7 Å². The Hall–Kier alpha value is -3.38. The molecule has 25 heavy (non-hydrogen) atoms. The minimum Gasteiger partial charge on any atom is -0.363 e. The van der Waals surface area contributed by atoms with E-state index in [2.05, 4.69) is 70.6 Å².